The van der Waals surface area contributed by atoms with Crippen molar-refractivity contribution in [3.63, 3.8) is 0 Å². The number of Topliss-reactive ketones (excluding diaryl/α,β-unsaturated/α-hetero) is 3. The molecule has 0 saturated carbocycles. The molecule has 1 heterocycles. The summed E-state index contributed by atoms with van der Waals surface area (Å²) in [4.78, 5) is 37.4. The van der Waals surface area contributed by atoms with E-state index in [4.69, 9.17) is 9.26 Å². The predicted molar refractivity (Wildman–Crippen MR) is 117 cm³/mol. The molecular weight excluding hydrogens is 410 g/mol. The van der Waals surface area contributed by atoms with Gasteiger partial charge in [-0.3, -0.25) is 14.4 Å². The Morgan fingerprint density at radius 2 is 1.75 bits per heavy atom. The molecule has 0 amide bonds. The van der Waals surface area contributed by atoms with Crippen molar-refractivity contribution in [3.05, 3.63) is 83.3 Å². The molecule has 0 spiro atoms. The number of carbonyl (C=O) groups is 3. The number of ketones is 3. The summed E-state index contributed by atoms with van der Waals surface area (Å²) in [5.74, 6) is -3.30. The van der Waals surface area contributed by atoms with Crippen LogP contribution in [-0.4, -0.2) is 34.7 Å². The molecule has 1 N–H and O–H groups in total. The van der Waals surface area contributed by atoms with Crippen LogP contribution in [0.4, 0.5) is 0 Å². The smallest absolute Gasteiger partial charge is 0.228 e. The van der Waals surface area contributed by atoms with Crippen LogP contribution in [-0.2, 0) is 20.8 Å². The lowest BCUT2D eigenvalue weighted by Gasteiger charge is -2.19. The average Bonchev–Trinajstić information content (AvgIpc) is 3.34. The lowest BCUT2D eigenvalue weighted by molar-refractivity contribution is -0.133. The molecule has 0 saturated heterocycles. The van der Waals surface area contributed by atoms with Gasteiger partial charge in [-0.25, -0.2) is 0 Å². The molecule has 0 radical (unpaired) electrons. The van der Waals surface area contributed by atoms with E-state index >= 15 is 0 Å². The van der Waals surface area contributed by atoms with Crippen LogP contribution in [0.25, 0.3) is 11.3 Å². The maximum Gasteiger partial charge on any atom is 0.228 e. The first-order valence-electron chi connectivity index (χ1n) is 9.97. The molecule has 0 aliphatic heterocycles. The summed E-state index contributed by atoms with van der Waals surface area (Å²) in [6.45, 7) is 2.75. The molecule has 1 unspecified atom stereocenters. The van der Waals surface area contributed by atoms with E-state index in [2.05, 4.69) is 5.16 Å². The summed E-state index contributed by atoms with van der Waals surface area (Å²) < 4.78 is 10.2. The van der Waals surface area contributed by atoms with Gasteiger partial charge in [0.25, 0.3) is 0 Å². The van der Waals surface area contributed by atoms with Crippen LogP contribution < -0.4 is 4.74 Å². The van der Waals surface area contributed by atoms with Crippen LogP contribution in [0.15, 0.2) is 76.7 Å². The summed E-state index contributed by atoms with van der Waals surface area (Å²) in [7, 11) is 1.48. The summed E-state index contributed by atoms with van der Waals surface area (Å²) >= 11 is 0. The van der Waals surface area contributed by atoms with E-state index < -0.39 is 29.0 Å². The molecule has 0 fully saturated rings. The van der Waals surface area contributed by atoms with Crippen LogP contribution >= 0.6 is 0 Å². The number of nitrogens with zero attached hydrogens (tertiary/aromatic N) is 1. The molecule has 164 valence electrons. The van der Waals surface area contributed by atoms with Crippen molar-refractivity contribution in [3.8, 4) is 17.0 Å². The molecule has 3 aromatic rings. The molecule has 7 nitrogen and oxygen atoms in total. The number of carbonyl (C=O) groups excluding carboxylic acids is 3. The number of hydrogen-bond acceptors (Lipinski definition) is 7. The molecule has 7 heteroatoms. The fraction of sp³-hybridized carbons (Fsp3) is 0.200. The second-order valence-corrected chi connectivity index (χ2v) is 7.29. The highest BCUT2D eigenvalue weighted by Crippen LogP contribution is 2.33. The van der Waals surface area contributed by atoms with Crippen LogP contribution in [0.5, 0.6) is 5.75 Å². The van der Waals surface area contributed by atoms with Gasteiger partial charge in [0.2, 0.25) is 11.6 Å². The van der Waals surface area contributed by atoms with Gasteiger partial charge in [0.15, 0.2) is 11.5 Å². The number of ether oxygens (including phenoxy) is 1. The molecule has 0 bridgehead atoms. The summed E-state index contributed by atoms with van der Waals surface area (Å²) in [5.41, 5.74) is 2.44. The highest BCUT2D eigenvalue weighted by atomic mass is 16.5. The van der Waals surface area contributed by atoms with E-state index in [0.29, 0.717) is 22.6 Å². The number of benzene rings is 2. The first-order chi connectivity index (χ1) is 15.3. The maximum atomic E-state index is 12.9. The van der Waals surface area contributed by atoms with E-state index in [1.54, 1.807) is 61.5 Å². The largest absolute Gasteiger partial charge is 0.504 e. The van der Waals surface area contributed by atoms with Crippen molar-refractivity contribution in [2.75, 3.05) is 7.11 Å². The van der Waals surface area contributed by atoms with Crippen LogP contribution in [0.2, 0.25) is 0 Å². The quantitative estimate of drug-likeness (QED) is 0.306. The predicted octanol–water partition coefficient (Wildman–Crippen LogP) is 4.24. The first kappa shape index (κ1) is 22.7. The minimum atomic E-state index is -0.907. The number of methoxy groups -OCH3 is 1. The minimum Gasteiger partial charge on any atom is -0.504 e. The van der Waals surface area contributed by atoms with Crippen molar-refractivity contribution < 1.29 is 28.8 Å². The Morgan fingerprint density at radius 3 is 2.34 bits per heavy atom. The summed E-state index contributed by atoms with van der Waals surface area (Å²) in [6.07, 6.45) is 1.32. The lowest BCUT2D eigenvalue weighted by Crippen LogP contribution is -2.22. The topological polar surface area (TPSA) is 107 Å². The van der Waals surface area contributed by atoms with Gasteiger partial charge in [0, 0.05) is 36.5 Å². The van der Waals surface area contributed by atoms with Gasteiger partial charge in [0.1, 0.15) is 17.7 Å². The average molecular weight is 433 g/mol. The zero-order valence-corrected chi connectivity index (χ0v) is 18.0. The van der Waals surface area contributed by atoms with Crippen LogP contribution in [0, 0.1) is 0 Å². The Morgan fingerprint density at radius 1 is 1.06 bits per heavy atom. The third kappa shape index (κ3) is 4.83. The third-order valence-electron chi connectivity index (χ3n) is 5.17. The van der Waals surface area contributed by atoms with Gasteiger partial charge >= 0.3 is 0 Å². The standard InChI is InChI=1S/C25H23NO6/c1-15(19-6-4-5-7-22(19)31-3)23(24(29)16(2)27)25(30)21(28)14-17-8-10-18(11-9-17)20-12-13-32-26-20/h4-13,15,30H,14H2,1-3H3/b25-23-. The fourth-order valence-electron chi connectivity index (χ4n) is 3.45. The molecule has 2 aromatic carbocycles. The van der Waals surface area contributed by atoms with Crippen LogP contribution in [0.3, 0.4) is 0 Å². The van der Waals surface area contributed by atoms with E-state index in [0.717, 1.165) is 12.5 Å². The fourth-order valence-corrected chi connectivity index (χ4v) is 3.45. The molecule has 0 aliphatic carbocycles. The van der Waals surface area contributed by atoms with Crippen molar-refractivity contribution in [1.29, 1.82) is 0 Å². The summed E-state index contributed by atoms with van der Waals surface area (Å²) in [5, 5.41) is 14.6. The number of allylic oxidation sites excluding steroid dienone is 2. The molecular formula is C25H23NO6. The Balaban J connectivity index is 1.92. The highest BCUT2D eigenvalue weighted by Gasteiger charge is 2.30. The van der Waals surface area contributed by atoms with Crippen LogP contribution in [0.1, 0.15) is 30.9 Å². The molecule has 32 heavy (non-hydrogen) atoms. The van der Waals surface area contributed by atoms with Gasteiger partial charge < -0.3 is 14.4 Å². The Labute approximate surface area is 185 Å². The van der Waals surface area contributed by atoms with E-state index in [9.17, 15) is 19.5 Å². The van der Waals surface area contributed by atoms with Gasteiger partial charge in [-0.05, 0) is 11.6 Å². The normalized spacial score (nSPS) is 12.6. The van der Waals surface area contributed by atoms with Crippen molar-refractivity contribution in [2.24, 2.45) is 0 Å². The van der Waals surface area contributed by atoms with Gasteiger partial charge in [-0.15, -0.1) is 0 Å². The molecule has 1 atom stereocenters. The highest BCUT2D eigenvalue weighted by molar-refractivity contribution is 6.43. The van der Waals surface area contributed by atoms with Crippen molar-refractivity contribution >= 4 is 17.3 Å². The lowest BCUT2D eigenvalue weighted by atomic mass is 9.86. The molecule has 0 aliphatic rings. The monoisotopic (exact) mass is 433 g/mol. The molecule has 1 aromatic heterocycles. The number of aromatic nitrogens is 1. The maximum absolute atomic E-state index is 12.9. The van der Waals surface area contributed by atoms with Crippen molar-refractivity contribution in [2.45, 2.75) is 26.2 Å². The zero-order valence-electron chi connectivity index (χ0n) is 18.0. The van der Waals surface area contributed by atoms with Gasteiger partial charge in [-0.1, -0.05) is 54.5 Å². The van der Waals surface area contributed by atoms with Gasteiger partial charge in [0.05, 0.1) is 12.7 Å². The van der Waals surface area contributed by atoms with Gasteiger partial charge in [-0.2, -0.15) is 0 Å². The number of para-hydroxylation sites is 1. The Kier molecular flexibility index (Phi) is 7.00. The summed E-state index contributed by atoms with van der Waals surface area (Å²) in [6, 6.07) is 15.7. The number of rotatable bonds is 9. The Hall–Kier alpha value is -4.00. The number of aliphatic hydroxyl groups is 1. The second-order valence-electron chi connectivity index (χ2n) is 7.29. The van der Waals surface area contributed by atoms with E-state index in [1.165, 1.54) is 13.4 Å². The third-order valence-corrected chi connectivity index (χ3v) is 5.17. The number of aliphatic hydroxyl groups excluding tert-OH is 1. The van der Waals surface area contributed by atoms with E-state index in [1.807, 2.05) is 0 Å². The van der Waals surface area contributed by atoms with Crippen molar-refractivity contribution in [1.82, 2.24) is 5.16 Å². The second kappa shape index (κ2) is 9.87. The first-order valence-corrected chi connectivity index (χ1v) is 9.97. The Bertz CT molecular complexity index is 1160. The number of hydrogen-bond donors (Lipinski definition) is 1. The SMILES string of the molecule is COc1ccccc1C(C)/C(C(=O)C(C)=O)=C(/O)C(=O)Cc1ccc(-c2ccon2)cc1. The minimum absolute atomic E-state index is 0.141. The van der Waals surface area contributed by atoms with E-state index in [-0.39, 0.29) is 12.0 Å². The molecule has 3 rings (SSSR count). The zero-order chi connectivity index (χ0) is 23.3.